The lowest BCUT2D eigenvalue weighted by molar-refractivity contribution is 0.657. The highest BCUT2D eigenvalue weighted by Gasteiger charge is 2.10. The van der Waals surface area contributed by atoms with Gasteiger partial charge in [0.2, 0.25) is 0 Å². The van der Waals surface area contributed by atoms with Gasteiger partial charge in [0.1, 0.15) is 5.82 Å². The highest BCUT2D eigenvalue weighted by Crippen LogP contribution is 2.16. The van der Waals surface area contributed by atoms with Gasteiger partial charge in [0.25, 0.3) is 0 Å². The minimum atomic E-state index is 0.0748. The van der Waals surface area contributed by atoms with Crippen molar-refractivity contribution in [3.8, 4) is 5.69 Å². The summed E-state index contributed by atoms with van der Waals surface area (Å²) in [6, 6.07) is 20.7. The lowest BCUT2D eigenvalue weighted by atomic mass is 10.1. The standard InChI is InChI=1S/C24H27N7/c1-19(21-10-6-11-22(16-21)31-14-7-12-28-31)29-24(25-2)27-17-23-26-13-15-30(23)18-20-8-4-3-5-9-20/h3-16,19H,17-18H2,1-2H3,(H2,25,27,29). The molecule has 0 spiro atoms. The summed E-state index contributed by atoms with van der Waals surface area (Å²) in [7, 11) is 1.78. The normalized spacial score (nSPS) is 12.5. The molecule has 2 heterocycles. The van der Waals surface area contributed by atoms with E-state index in [9.17, 15) is 0 Å². The molecule has 4 aromatic rings. The Kier molecular flexibility index (Phi) is 6.42. The van der Waals surface area contributed by atoms with Crippen LogP contribution in [0.1, 0.15) is 29.9 Å². The van der Waals surface area contributed by atoms with Crippen molar-refractivity contribution < 1.29 is 0 Å². The Labute approximate surface area is 182 Å². The molecule has 2 N–H and O–H groups in total. The van der Waals surface area contributed by atoms with Crippen molar-refractivity contribution in [2.75, 3.05) is 7.05 Å². The van der Waals surface area contributed by atoms with E-state index in [1.54, 1.807) is 13.2 Å². The minimum absolute atomic E-state index is 0.0748. The molecule has 1 atom stereocenters. The van der Waals surface area contributed by atoms with Crippen LogP contribution in [0.4, 0.5) is 0 Å². The van der Waals surface area contributed by atoms with Crippen molar-refractivity contribution in [2.24, 2.45) is 4.99 Å². The van der Waals surface area contributed by atoms with Gasteiger partial charge in [-0.3, -0.25) is 4.99 Å². The Hall–Kier alpha value is -3.87. The van der Waals surface area contributed by atoms with E-state index in [-0.39, 0.29) is 6.04 Å². The van der Waals surface area contributed by atoms with E-state index in [1.807, 2.05) is 47.5 Å². The van der Waals surface area contributed by atoms with E-state index < -0.39 is 0 Å². The second kappa shape index (κ2) is 9.75. The Morgan fingerprint density at radius 2 is 1.90 bits per heavy atom. The van der Waals surface area contributed by atoms with Gasteiger partial charge >= 0.3 is 0 Å². The zero-order valence-electron chi connectivity index (χ0n) is 17.8. The van der Waals surface area contributed by atoms with Gasteiger partial charge in [0, 0.05) is 38.4 Å². The Bertz CT molecular complexity index is 1110. The fourth-order valence-corrected chi connectivity index (χ4v) is 3.44. The van der Waals surface area contributed by atoms with Crippen LogP contribution in [0.3, 0.4) is 0 Å². The van der Waals surface area contributed by atoms with Gasteiger partial charge in [-0.15, -0.1) is 0 Å². The van der Waals surface area contributed by atoms with Crippen molar-refractivity contribution in [2.45, 2.75) is 26.1 Å². The first-order valence-electron chi connectivity index (χ1n) is 10.3. The summed E-state index contributed by atoms with van der Waals surface area (Å²) in [5.74, 6) is 1.69. The molecule has 0 aliphatic rings. The molecule has 0 saturated heterocycles. The molecule has 0 bridgehead atoms. The van der Waals surface area contributed by atoms with Crippen LogP contribution < -0.4 is 10.6 Å². The fourth-order valence-electron chi connectivity index (χ4n) is 3.44. The molecular formula is C24H27N7. The Morgan fingerprint density at radius 3 is 2.68 bits per heavy atom. The maximum atomic E-state index is 4.50. The molecule has 0 saturated carbocycles. The number of nitrogens with one attached hydrogen (secondary N) is 2. The minimum Gasteiger partial charge on any atom is -0.350 e. The summed E-state index contributed by atoms with van der Waals surface area (Å²) < 4.78 is 4.00. The number of hydrogen-bond donors (Lipinski definition) is 2. The molecule has 4 rings (SSSR count). The van der Waals surface area contributed by atoms with Crippen LogP contribution in [-0.2, 0) is 13.1 Å². The summed E-state index contributed by atoms with van der Waals surface area (Å²) in [5.41, 5.74) is 3.43. The van der Waals surface area contributed by atoms with Crippen molar-refractivity contribution in [1.82, 2.24) is 30.0 Å². The van der Waals surface area contributed by atoms with Gasteiger partial charge in [0.05, 0.1) is 18.3 Å². The van der Waals surface area contributed by atoms with E-state index in [1.165, 1.54) is 5.56 Å². The highest BCUT2D eigenvalue weighted by molar-refractivity contribution is 5.80. The number of aliphatic imine (C=N–C) groups is 1. The lowest BCUT2D eigenvalue weighted by Crippen LogP contribution is -2.38. The van der Waals surface area contributed by atoms with E-state index >= 15 is 0 Å². The van der Waals surface area contributed by atoms with E-state index in [0.717, 1.165) is 29.6 Å². The first-order valence-corrected chi connectivity index (χ1v) is 10.3. The molecule has 2 aromatic heterocycles. The molecule has 0 amide bonds. The van der Waals surface area contributed by atoms with E-state index in [2.05, 4.69) is 73.6 Å². The number of nitrogens with zero attached hydrogens (tertiary/aromatic N) is 5. The number of imidazole rings is 1. The third-order valence-electron chi connectivity index (χ3n) is 5.13. The zero-order valence-corrected chi connectivity index (χ0v) is 17.8. The maximum absolute atomic E-state index is 4.50. The first-order chi connectivity index (χ1) is 15.2. The molecule has 31 heavy (non-hydrogen) atoms. The second-order valence-electron chi connectivity index (χ2n) is 7.29. The largest absolute Gasteiger partial charge is 0.350 e. The van der Waals surface area contributed by atoms with E-state index in [0.29, 0.717) is 6.54 Å². The summed E-state index contributed by atoms with van der Waals surface area (Å²) in [6.45, 7) is 3.49. The monoisotopic (exact) mass is 413 g/mol. The highest BCUT2D eigenvalue weighted by atomic mass is 15.3. The van der Waals surface area contributed by atoms with Crippen LogP contribution >= 0.6 is 0 Å². The summed E-state index contributed by atoms with van der Waals surface area (Å²) in [6.07, 6.45) is 7.56. The van der Waals surface area contributed by atoms with Crippen LogP contribution in [0.25, 0.3) is 5.69 Å². The molecule has 7 heteroatoms. The molecule has 2 aromatic carbocycles. The van der Waals surface area contributed by atoms with Crippen LogP contribution in [0.5, 0.6) is 0 Å². The van der Waals surface area contributed by atoms with Crippen LogP contribution in [0.2, 0.25) is 0 Å². The van der Waals surface area contributed by atoms with Gasteiger partial charge in [-0.2, -0.15) is 5.10 Å². The Balaban J connectivity index is 1.38. The average Bonchev–Trinajstić information content (AvgIpc) is 3.50. The van der Waals surface area contributed by atoms with Crippen LogP contribution in [0, 0.1) is 0 Å². The number of hydrogen-bond acceptors (Lipinski definition) is 3. The van der Waals surface area contributed by atoms with Crippen molar-refractivity contribution in [3.05, 3.63) is 102 Å². The quantitative estimate of drug-likeness (QED) is 0.359. The van der Waals surface area contributed by atoms with Gasteiger partial charge in [0.15, 0.2) is 5.96 Å². The molecular weight excluding hydrogens is 386 g/mol. The summed E-state index contributed by atoms with van der Waals surface area (Å²) in [4.78, 5) is 8.88. The van der Waals surface area contributed by atoms with Crippen LogP contribution in [-0.4, -0.2) is 32.3 Å². The molecule has 1 unspecified atom stereocenters. The van der Waals surface area contributed by atoms with Crippen molar-refractivity contribution >= 4 is 5.96 Å². The van der Waals surface area contributed by atoms with Gasteiger partial charge in [-0.05, 0) is 36.2 Å². The lowest BCUT2D eigenvalue weighted by Gasteiger charge is -2.19. The number of aromatic nitrogens is 4. The Morgan fingerprint density at radius 1 is 1.03 bits per heavy atom. The third kappa shape index (κ3) is 5.19. The molecule has 0 aliphatic heterocycles. The average molecular weight is 414 g/mol. The predicted molar refractivity (Wildman–Crippen MR) is 123 cm³/mol. The first kappa shape index (κ1) is 20.4. The molecule has 0 radical (unpaired) electrons. The predicted octanol–water partition coefficient (Wildman–Crippen LogP) is 3.54. The van der Waals surface area contributed by atoms with Crippen LogP contribution in [0.15, 0.2) is 90.4 Å². The number of benzene rings is 2. The van der Waals surface area contributed by atoms with Gasteiger partial charge in [-0.1, -0.05) is 42.5 Å². The number of rotatable bonds is 7. The van der Waals surface area contributed by atoms with Gasteiger partial charge < -0.3 is 15.2 Å². The maximum Gasteiger partial charge on any atom is 0.191 e. The van der Waals surface area contributed by atoms with Crippen molar-refractivity contribution in [1.29, 1.82) is 0 Å². The second-order valence-corrected chi connectivity index (χ2v) is 7.29. The topological polar surface area (TPSA) is 72.1 Å². The zero-order chi connectivity index (χ0) is 21.5. The molecule has 7 nitrogen and oxygen atoms in total. The third-order valence-corrected chi connectivity index (χ3v) is 5.13. The molecule has 0 fully saturated rings. The fraction of sp³-hybridized carbons (Fsp3) is 0.208. The number of guanidine groups is 1. The summed E-state index contributed by atoms with van der Waals surface area (Å²) in [5, 5.41) is 11.1. The van der Waals surface area contributed by atoms with Gasteiger partial charge in [-0.25, -0.2) is 9.67 Å². The molecule has 158 valence electrons. The molecule has 0 aliphatic carbocycles. The summed E-state index contributed by atoms with van der Waals surface area (Å²) >= 11 is 0. The van der Waals surface area contributed by atoms with Crippen molar-refractivity contribution in [3.63, 3.8) is 0 Å². The SMILES string of the molecule is CN=C(NCc1nccn1Cc1ccccc1)NC(C)c1cccc(-n2cccn2)c1. The van der Waals surface area contributed by atoms with E-state index in [4.69, 9.17) is 0 Å². The smallest absolute Gasteiger partial charge is 0.191 e.